The molecule has 8 heteroatoms. The van der Waals surface area contributed by atoms with Crippen molar-refractivity contribution in [2.24, 2.45) is 16.5 Å². The molecule has 0 bridgehead atoms. The molecule has 7 nitrogen and oxygen atoms in total. The molecule has 0 amide bonds. The monoisotopic (exact) mass is 243 g/mol. The van der Waals surface area contributed by atoms with Crippen LogP contribution < -0.4 is 16.2 Å². The van der Waals surface area contributed by atoms with Crippen LogP contribution in [-0.4, -0.2) is 32.5 Å². The van der Waals surface area contributed by atoms with E-state index in [9.17, 15) is 8.42 Å². The van der Waals surface area contributed by atoms with Crippen molar-refractivity contribution in [3.63, 3.8) is 0 Å². The Morgan fingerprint density at radius 2 is 2.25 bits per heavy atom. The molecule has 1 aromatic rings. The van der Waals surface area contributed by atoms with Crippen molar-refractivity contribution >= 4 is 16.0 Å². The minimum Gasteiger partial charge on any atom is -0.370 e. The highest BCUT2D eigenvalue weighted by Crippen LogP contribution is 2.04. The van der Waals surface area contributed by atoms with E-state index in [2.05, 4.69) is 14.7 Å². The zero-order valence-corrected chi connectivity index (χ0v) is 9.31. The first-order valence-corrected chi connectivity index (χ1v) is 5.96. The maximum atomic E-state index is 11.6. The Hall–Kier alpha value is -1.67. The molecule has 0 aliphatic rings. The third kappa shape index (κ3) is 3.83. The normalized spacial score (nSPS) is 11.0. The van der Waals surface area contributed by atoms with E-state index >= 15 is 0 Å². The molecule has 0 aliphatic carbocycles. The predicted molar refractivity (Wildman–Crippen MR) is 60.1 cm³/mol. The molecule has 0 aliphatic heterocycles. The highest BCUT2D eigenvalue weighted by molar-refractivity contribution is 7.89. The molecule has 16 heavy (non-hydrogen) atoms. The number of hydrogen-bond donors (Lipinski definition) is 3. The van der Waals surface area contributed by atoms with E-state index in [0.717, 1.165) is 0 Å². The third-order valence-electron chi connectivity index (χ3n) is 1.64. The zero-order valence-electron chi connectivity index (χ0n) is 8.50. The summed E-state index contributed by atoms with van der Waals surface area (Å²) in [4.78, 5) is 7.48. The number of sulfonamides is 1. The Morgan fingerprint density at radius 3 is 2.81 bits per heavy atom. The van der Waals surface area contributed by atoms with E-state index in [4.69, 9.17) is 11.5 Å². The molecule has 88 valence electrons. The number of nitrogens with two attached hydrogens (primary N) is 2. The fraction of sp³-hybridized carbons (Fsp3) is 0.250. The number of nitrogens with zero attached hydrogens (tertiary/aromatic N) is 2. The molecule has 1 rings (SSSR count). The number of hydrogen-bond acceptors (Lipinski definition) is 4. The van der Waals surface area contributed by atoms with E-state index in [1.165, 1.54) is 18.5 Å². The van der Waals surface area contributed by atoms with Crippen LogP contribution in [-0.2, 0) is 10.0 Å². The van der Waals surface area contributed by atoms with Gasteiger partial charge in [0.15, 0.2) is 5.96 Å². The van der Waals surface area contributed by atoms with E-state index in [0.29, 0.717) is 0 Å². The summed E-state index contributed by atoms with van der Waals surface area (Å²) in [5.41, 5.74) is 10.2. The molecule has 0 atom stereocenters. The lowest BCUT2D eigenvalue weighted by molar-refractivity contribution is 0.582. The summed E-state index contributed by atoms with van der Waals surface area (Å²) in [6.07, 6.45) is 2.77. The van der Waals surface area contributed by atoms with Gasteiger partial charge in [0, 0.05) is 18.9 Å². The number of aromatic nitrogens is 1. The fourth-order valence-corrected chi connectivity index (χ4v) is 1.94. The van der Waals surface area contributed by atoms with Crippen molar-refractivity contribution in [2.75, 3.05) is 13.1 Å². The summed E-state index contributed by atoms with van der Waals surface area (Å²) < 4.78 is 25.6. The van der Waals surface area contributed by atoms with Crippen LogP contribution in [0.15, 0.2) is 34.4 Å². The Bertz CT molecular complexity index is 453. The van der Waals surface area contributed by atoms with Gasteiger partial charge in [-0.3, -0.25) is 9.98 Å². The SMILES string of the molecule is NC(N)=NCCNS(=O)(=O)c1cccnc1. The van der Waals surface area contributed by atoms with E-state index in [-0.39, 0.29) is 23.9 Å². The molecule has 0 saturated carbocycles. The first-order chi connectivity index (χ1) is 7.52. The lowest BCUT2D eigenvalue weighted by Crippen LogP contribution is -2.28. The quantitative estimate of drug-likeness (QED) is 0.334. The molecular formula is C8H13N5O2S. The Morgan fingerprint density at radius 1 is 1.50 bits per heavy atom. The minimum absolute atomic E-state index is 0.0689. The summed E-state index contributed by atoms with van der Waals surface area (Å²) in [7, 11) is -3.52. The summed E-state index contributed by atoms with van der Waals surface area (Å²) in [5, 5.41) is 0. The third-order valence-corrected chi connectivity index (χ3v) is 3.09. The van der Waals surface area contributed by atoms with Crippen molar-refractivity contribution < 1.29 is 8.42 Å². The predicted octanol–water partition coefficient (Wildman–Crippen LogP) is -1.37. The van der Waals surface area contributed by atoms with E-state index in [1.807, 2.05) is 0 Å². The van der Waals surface area contributed by atoms with Gasteiger partial charge in [-0.05, 0) is 12.1 Å². The second kappa shape index (κ2) is 5.42. The molecule has 0 radical (unpaired) electrons. The van der Waals surface area contributed by atoms with Gasteiger partial charge in [0.05, 0.1) is 6.54 Å². The van der Waals surface area contributed by atoms with Gasteiger partial charge in [-0.25, -0.2) is 13.1 Å². The second-order valence-corrected chi connectivity index (χ2v) is 4.66. The van der Waals surface area contributed by atoms with Gasteiger partial charge >= 0.3 is 0 Å². The van der Waals surface area contributed by atoms with E-state index in [1.54, 1.807) is 6.07 Å². The summed E-state index contributed by atoms with van der Waals surface area (Å²) >= 11 is 0. The van der Waals surface area contributed by atoms with Crippen LogP contribution >= 0.6 is 0 Å². The van der Waals surface area contributed by atoms with Crippen LogP contribution in [0, 0.1) is 0 Å². The Balaban J connectivity index is 2.57. The lowest BCUT2D eigenvalue weighted by Gasteiger charge is -2.04. The minimum atomic E-state index is -3.52. The van der Waals surface area contributed by atoms with Crippen LogP contribution in [0.5, 0.6) is 0 Å². The number of rotatable bonds is 5. The van der Waals surface area contributed by atoms with Gasteiger partial charge in [-0.2, -0.15) is 0 Å². The van der Waals surface area contributed by atoms with Crippen LogP contribution in [0.2, 0.25) is 0 Å². The molecule has 1 heterocycles. The Labute approximate surface area is 93.6 Å². The first kappa shape index (κ1) is 12.4. The number of nitrogens with one attached hydrogen (secondary N) is 1. The largest absolute Gasteiger partial charge is 0.370 e. The molecule has 0 aromatic carbocycles. The van der Waals surface area contributed by atoms with Crippen LogP contribution in [0.25, 0.3) is 0 Å². The fourth-order valence-electron chi connectivity index (χ4n) is 0.954. The maximum Gasteiger partial charge on any atom is 0.242 e. The van der Waals surface area contributed by atoms with Gasteiger partial charge < -0.3 is 11.5 Å². The standard InChI is InChI=1S/C8H13N5O2S/c9-8(10)12-4-5-13-16(14,15)7-2-1-3-11-6-7/h1-3,6,13H,4-5H2,(H4,9,10,12). The van der Waals surface area contributed by atoms with E-state index < -0.39 is 10.0 Å². The van der Waals surface area contributed by atoms with Crippen LogP contribution in [0.3, 0.4) is 0 Å². The molecule has 0 spiro atoms. The molecule has 0 saturated heterocycles. The first-order valence-electron chi connectivity index (χ1n) is 4.47. The van der Waals surface area contributed by atoms with Gasteiger partial charge in [0.25, 0.3) is 0 Å². The van der Waals surface area contributed by atoms with Gasteiger partial charge in [-0.15, -0.1) is 0 Å². The number of guanidine groups is 1. The molecule has 0 fully saturated rings. The van der Waals surface area contributed by atoms with Crippen molar-refractivity contribution in [3.8, 4) is 0 Å². The highest BCUT2D eigenvalue weighted by Gasteiger charge is 2.12. The van der Waals surface area contributed by atoms with Crippen molar-refractivity contribution in [1.82, 2.24) is 9.71 Å². The van der Waals surface area contributed by atoms with Gasteiger partial charge in [0.1, 0.15) is 4.90 Å². The van der Waals surface area contributed by atoms with Gasteiger partial charge in [0.2, 0.25) is 10.0 Å². The summed E-state index contributed by atoms with van der Waals surface area (Å²) in [6.45, 7) is 0.330. The summed E-state index contributed by atoms with van der Waals surface area (Å²) in [5.74, 6) is -0.0689. The second-order valence-electron chi connectivity index (χ2n) is 2.89. The topological polar surface area (TPSA) is 123 Å². The smallest absolute Gasteiger partial charge is 0.242 e. The van der Waals surface area contributed by atoms with Crippen molar-refractivity contribution in [2.45, 2.75) is 4.90 Å². The number of aliphatic imine (C=N–C) groups is 1. The van der Waals surface area contributed by atoms with Crippen LogP contribution in [0.4, 0.5) is 0 Å². The summed E-state index contributed by atoms with van der Waals surface area (Å²) in [6, 6.07) is 3.00. The maximum absolute atomic E-state index is 11.6. The highest BCUT2D eigenvalue weighted by atomic mass is 32.2. The van der Waals surface area contributed by atoms with Crippen molar-refractivity contribution in [3.05, 3.63) is 24.5 Å². The Kier molecular flexibility index (Phi) is 4.20. The molecule has 1 aromatic heterocycles. The molecular weight excluding hydrogens is 230 g/mol. The van der Waals surface area contributed by atoms with Crippen LogP contribution in [0.1, 0.15) is 0 Å². The lowest BCUT2D eigenvalue weighted by atomic mass is 10.5. The zero-order chi connectivity index (χ0) is 12.0. The van der Waals surface area contributed by atoms with Crippen molar-refractivity contribution in [1.29, 1.82) is 0 Å². The van der Waals surface area contributed by atoms with Gasteiger partial charge in [-0.1, -0.05) is 0 Å². The molecule has 0 unspecified atom stereocenters. The number of pyridine rings is 1. The molecule has 5 N–H and O–H groups in total. The average molecular weight is 243 g/mol. The average Bonchev–Trinajstić information content (AvgIpc) is 2.26.